The second kappa shape index (κ2) is 4.13. The summed E-state index contributed by atoms with van der Waals surface area (Å²) in [5, 5.41) is 0. The molecule has 0 aromatic rings. The van der Waals surface area contributed by atoms with Crippen molar-refractivity contribution in [1.82, 2.24) is 4.31 Å². The molecule has 1 rings (SSSR count). The van der Waals surface area contributed by atoms with Gasteiger partial charge in [-0.2, -0.15) is 0 Å². The van der Waals surface area contributed by atoms with Crippen LogP contribution in [0.25, 0.3) is 0 Å². The molecule has 0 amide bonds. The van der Waals surface area contributed by atoms with E-state index in [0.29, 0.717) is 13.1 Å². The molecule has 1 heterocycles. The number of sulfonamides is 1. The maximum Gasteiger partial charge on any atom is 0.211 e. The predicted octanol–water partition coefficient (Wildman–Crippen LogP) is 0.181. The first-order valence-electron chi connectivity index (χ1n) is 4.05. The summed E-state index contributed by atoms with van der Waals surface area (Å²) in [6, 6.07) is 0. The number of rotatable bonds is 1. The van der Waals surface area contributed by atoms with Gasteiger partial charge < -0.3 is 5.73 Å². The molecular formula is C7H17ClN2O2S. The topological polar surface area (TPSA) is 63.4 Å². The zero-order chi connectivity index (χ0) is 9.41. The number of hydrogen-bond donors (Lipinski definition) is 1. The molecule has 2 N–H and O–H groups in total. The second-order valence-corrected chi connectivity index (χ2v) is 5.80. The van der Waals surface area contributed by atoms with Crippen molar-refractivity contribution >= 4 is 22.4 Å². The summed E-state index contributed by atoms with van der Waals surface area (Å²) in [5.74, 6) is 0. The summed E-state index contributed by atoms with van der Waals surface area (Å²) in [6.07, 6.45) is 2.74. The van der Waals surface area contributed by atoms with Crippen LogP contribution in [0.3, 0.4) is 0 Å². The molecule has 0 bridgehead atoms. The molecule has 1 aliphatic heterocycles. The van der Waals surface area contributed by atoms with E-state index in [1.54, 1.807) is 0 Å². The molecular weight excluding hydrogens is 212 g/mol. The van der Waals surface area contributed by atoms with Crippen molar-refractivity contribution in [1.29, 1.82) is 0 Å². The highest BCUT2D eigenvalue weighted by atomic mass is 35.5. The summed E-state index contributed by atoms with van der Waals surface area (Å²) < 4.78 is 23.7. The van der Waals surface area contributed by atoms with E-state index < -0.39 is 10.0 Å². The van der Waals surface area contributed by atoms with E-state index in [4.69, 9.17) is 5.73 Å². The molecule has 1 aliphatic rings. The third-order valence-corrected chi connectivity index (χ3v) is 3.64. The van der Waals surface area contributed by atoms with Crippen molar-refractivity contribution in [3.63, 3.8) is 0 Å². The molecule has 0 aliphatic carbocycles. The molecule has 0 radical (unpaired) electrons. The van der Waals surface area contributed by atoms with E-state index in [1.807, 2.05) is 6.92 Å². The highest BCUT2D eigenvalue weighted by Gasteiger charge is 2.29. The molecule has 13 heavy (non-hydrogen) atoms. The lowest BCUT2D eigenvalue weighted by atomic mass is 9.92. The van der Waals surface area contributed by atoms with Gasteiger partial charge in [0, 0.05) is 18.6 Å². The highest BCUT2D eigenvalue weighted by molar-refractivity contribution is 7.88. The van der Waals surface area contributed by atoms with Crippen molar-refractivity contribution in [3.05, 3.63) is 0 Å². The van der Waals surface area contributed by atoms with Crippen LogP contribution in [-0.2, 0) is 10.0 Å². The fraction of sp³-hybridized carbons (Fsp3) is 1.00. The zero-order valence-corrected chi connectivity index (χ0v) is 9.62. The smallest absolute Gasteiger partial charge is 0.211 e. The van der Waals surface area contributed by atoms with Gasteiger partial charge in [-0.15, -0.1) is 12.4 Å². The van der Waals surface area contributed by atoms with Gasteiger partial charge in [0.15, 0.2) is 0 Å². The van der Waals surface area contributed by atoms with Gasteiger partial charge in [0.2, 0.25) is 10.0 Å². The van der Waals surface area contributed by atoms with Gasteiger partial charge >= 0.3 is 0 Å². The average molecular weight is 229 g/mol. The van der Waals surface area contributed by atoms with Gasteiger partial charge in [0.1, 0.15) is 0 Å². The van der Waals surface area contributed by atoms with Crippen molar-refractivity contribution in [2.45, 2.75) is 25.3 Å². The molecule has 6 heteroatoms. The van der Waals surface area contributed by atoms with Crippen LogP contribution in [0.2, 0.25) is 0 Å². The van der Waals surface area contributed by atoms with Crippen molar-refractivity contribution in [2.75, 3.05) is 19.3 Å². The molecule has 4 nitrogen and oxygen atoms in total. The zero-order valence-electron chi connectivity index (χ0n) is 7.99. The number of piperidine rings is 1. The molecule has 0 atom stereocenters. The van der Waals surface area contributed by atoms with Crippen LogP contribution in [0.1, 0.15) is 19.8 Å². The van der Waals surface area contributed by atoms with Gasteiger partial charge in [-0.25, -0.2) is 12.7 Å². The Morgan fingerprint density at radius 1 is 1.31 bits per heavy atom. The van der Waals surface area contributed by atoms with Gasteiger partial charge in [0.05, 0.1) is 6.26 Å². The van der Waals surface area contributed by atoms with Crippen LogP contribution in [0.15, 0.2) is 0 Å². The summed E-state index contributed by atoms with van der Waals surface area (Å²) >= 11 is 0. The number of hydrogen-bond acceptors (Lipinski definition) is 3. The first kappa shape index (κ1) is 13.2. The summed E-state index contributed by atoms with van der Waals surface area (Å²) in [5.41, 5.74) is 5.68. The fourth-order valence-corrected chi connectivity index (χ4v) is 2.17. The van der Waals surface area contributed by atoms with E-state index in [1.165, 1.54) is 10.6 Å². The normalized spacial score (nSPS) is 23.6. The number of halogens is 1. The molecule has 1 saturated heterocycles. The van der Waals surface area contributed by atoms with Gasteiger partial charge in [-0.1, -0.05) is 0 Å². The number of nitrogens with two attached hydrogens (primary N) is 1. The van der Waals surface area contributed by atoms with Crippen LogP contribution in [0.5, 0.6) is 0 Å². The lowest BCUT2D eigenvalue weighted by molar-refractivity contribution is 0.253. The Morgan fingerprint density at radius 3 is 2.00 bits per heavy atom. The first-order chi connectivity index (χ1) is 5.31. The van der Waals surface area contributed by atoms with E-state index in [9.17, 15) is 8.42 Å². The first-order valence-corrected chi connectivity index (χ1v) is 5.90. The summed E-state index contributed by atoms with van der Waals surface area (Å²) in [6.45, 7) is 3.09. The molecule has 80 valence electrons. The van der Waals surface area contributed by atoms with Gasteiger partial charge in [-0.3, -0.25) is 0 Å². The van der Waals surface area contributed by atoms with Crippen LogP contribution in [0.4, 0.5) is 0 Å². The summed E-state index contributed by atoms with van der Waals surface area (Å²) in [7, 11) is -3.00. The quantitative estimate of drug-likeness (QED) is 0.697. The second-order valence-electron chi connectivity index (χ2n) is 3.82. The maximum atomic E-state index is 11.1. The Kier molecular flexibility index (Phi) is 4.18. The highest BCUT2D eigenvalue weighted by Crippen LogP contribution is 2.19. The lowest BCUT2D eigenvalue weighted by Crippen LogP contribution is -2.49. The van der Waals surface area contributed by atoms with Gasteiger partial charge in [0.25, 0.3) is 0 Å². The Balaban J connectivity index is 0.00000144. The van der Waals surface area contributed by atoms with E-state index >= 15 is 0 Å². The molecule has 0 aromatic heterocycles. The molecule has 1 fully saturated rings. The minimum atomic E-state index is -3.00. The average Bonchev–Trinajstić information content (AvgIpc) is 1.83. The van der Waals surface area contributed by atoms with Crippen LogP contribution < -0.4 is 5.73 Å². The number of nitrogens with zero attached hydrogens (tertiary/aromatic N) is 1. The third kappa shape index (κ3) is 3.81. The maximum absolute atomic E-state index is 11.1. The minimum Gasteiger partial charge on any atom is -0.325 e. The van der Waals surface area contributed by atoms with Crippen LogP contribution in [-0.4, -0.2) is 37.6 Å². The molecule has 0 unspecified atom stereocenters. The Morgan fingerprint density at radius 2 is 1.69 bits per heavy atom. The van der Waals surface area contributed by atoms with Crippen LogP contribution >= 0.6 is 12.4 Å². The van der Waals surface area contributed by atoms with Crippen molar-refractivity contribution < 1.29 is 8.42 Å². The van der Waals surface area contributed by atoms with E-state index in [0.717, 1.165) is 12.8 Å². The van der Waals surface area contributed by atoms with Crippen molar-refractivity contribution in [2.24, 2.45) is 5.73 Å². The summed E-state index contributed by atoms with van der Waals surface area (Å²) in [4.78, 5) is 0. The lowest BCUT2D eigenvalue weighted by Gasteiger charge is -2.35. The third-order valence-electron chi connectivity index (χ3n) is 2.33. The monoisotopic (exact) mass is 228 g/mol. The largest absolute Gasteiger partial charge is 0.325 e. The SMILES string of the molecule is CC1(N)CCN(S(C)(=O)=O)CC1.Cl. The minimum absolute atomic E-state index is 0. The molecule has 0 aromatic carbocycles. The Labute approximate surface area is 85.9 Å². The Hall–Kier alpha value is 0.160. The van der Waals surface area contributed by atoms with Crippen molar-refractivity contribution in [3.8, 4) is 0 Å². The Bertz CT molecular complexity index is 254. The fourth-order valence-electron chi connectivity index (χ4n) is 1.33. The molecule has 0 saturated carbocycles. The predicted molar refractivity (Wildman–Crippen MR) is 55.5 cm³/mol. The van der Waals surface area contributed by atoms with E-state index in [2.05, 4.69) is 0 Å². The standard InChI is InChI=1S/C7H16N2O2S.ClH/c1-7(8)3-5-9(6-4-7)12(2,10)11;/h3-6,8H2,1-2H3;1H. The molecule has 0 spiro atoms. The van der Waals surface area contributed by atoms with E-state index in [-0.39, 0.29) is 17.9 Å². The van der Waals surface area contributed by atoms with Gasteiger partial charge in [-0.05, 0) is 19.8 Å². The van der Waals surface area contributed by atoms with Crippen LogP contribution in [0, 0.1) is 0 Å².